The molecule has 1 spiro atoms. The first kappa shape index (κ1) is 20.3. The first-order valence-electron chi connectivity index (χ1n) is 11.8. The third kappa shape index (κ3) is 1.80. The summed E-state index contributed by atoms with van der Waals surface area (Å²) in [7, 11) is 5.13. The van der Waals surface area contributed by atoms with Crippen molar-refractivity contribution in [1.29, 1.82) is 0 Å². The maximum Gasteiger partial charge on any atom is 0.124 e. The van der Waals surface area contributed by atoms with Crippen molar-refractivity contribution in [3.05, 3.63) is 0 Å². The van der Waals surface area contributed by atoms with E-state index in [0.717, 1.165) is 32.2 Å². The van der Waals surface area contributed by atoms with E-state index in [0.29, 0.717) is 13.0 Å². The number of piperidine rings is 1. The molecule has 0 amide bonds. The van der Waals surface area contributed by atoms with E-state index in [4.69, 9.17) is 14.2 Å². The van der Waals surface area contributed by atoms with Crippen molar-refractivity contribution >= 4 is 0 Å². The van der Waals surface area contributed by atoms with Gasteiger partial charge in [0.05, 0.1) is 23.9 Å². The Morgan fingerprint density at radius 1 is 1.00 bits per heavy atom. The number of hydrogen-bond donors (Lipinski definition) is 3. The van der Waals surface area contributed by atoms with Crippen LogP contribution in [0.1, 0.15) is 39.0 Å². The highest BCUT2D eigenvalue weighted by molar-refractivity contribution is 5.38. The lowest BCUT2D eigenvalue weighted by atomic mass is 9.44. The van der Waals surface area contributed by atoms with Crippen molar-refractivity contribution in [3.8, 4) is 0 Å². The Morgan fingerprint density at radius 2 is 1.77 bits per heavy atom. The lowest BCUT2D eigenvalue weighted by Crippen LogP contribution is -2.83. The van der Waals surface area contributed by atoms with Gasteiger partial charge in [-0.15, -0.1) is 0 Å². The van der Waals surface area contributed by atoms with E-state index in [1.807, 2.05) is 0 Å². The zero-order chi connectivity index (χ0) is 21.3. The van der Waals surface area contributed by atoms with E-state index in [-0.39, 0.29) is 47.3 Å². The molecule has 0 radical (unpaired) electrons. The van der Waals surface area contributed by atoms with Crippen LogP contribution >= 0.6 is 0 Å². The first-order chi connectivity index (χ1) is 14.3. The van der Waals surface area contributed by atoms with Gasteiger partial charge in [-0.05, 0) is 38.1 Å². The van der Waals surface area contributed by atoms with Crippen molar-refractivity contribution in [2.75, 3.05) is 34.4 Å². The number of hydrogen-bond acceptors (Lipinski definition) is 7. The van der Waals surface area contributed by atoms with Crippen LogP contribution in [0.15, 0.2) is 0 Å². The molecule has 0 aromatic carbocycles. The average Bonchev–Trinajstić information content (AvgIpc) is 3.16. The maximum absolute atomic E-state index is 12.4. The van der Waals surface area contributed by atoms with Crippen LogP contribution in [0.4, 0.5) is 0 Å². The first-order valence-corrected chi connectivity index (χ1v) is 11.8. The van der Waals surface area contributed by atoms with Gasteiger partial charge in [-0.1, -0.05) is 6.92 Å². The Morgan fingerprint density at radius 3 is 2.40 bits per heavy atom. The molecule has 5 aliphatic carbocycles. The molecule has 7 nitrogen and oxygen atoms in total. The van der Waals surface area contributed by atoms with Crippen LogP contribution in [0.25, 0.3) is 0 Å². The third-order valence-electron chi connectivity index (χ3n) is 10.9. The molecule has 5 saturated carbocycles. The van der Waals surface area contributed by atoms with E-state index in [1.54, 1.807) is 21.3 Å². The molecule has 7 heteroatoms. The van der Waals surface area contributed by atoms with Crippen LogP contribution in [-0.4, -0.2) is 95.8 Å². The summed E-state index contributed by atoms with van der Waals surface area (Å²) < 4.78 is 18.0. The summed E-state index contributed by atoms with van der Waals surface area (Å²) >= 11 is 0. The van der Waals surface area contributed by atoms with Gasteiger partial charge < -0.3 is 29.5 Å². The van der Waals surface area contributed by atoms with E-state index in [1.165, 1.54) is 0 Å². The summed E-state index contributed by atoms with van der Waals surface area (Å²) in [5.41, 5.74) is -3.81. The van der Waals surface area contributed by atoms with Gasteiger partial charge in [0.1, 0.15) is 11.2 Å². The average molecular weight is 424 g/mol. The number of fused-ring (bicyclic) bond motifs is 2. The summed E-state index contributed by atoms with van der Waals surface area (Å²) in [6, 6.07) is 0.0974. The fourth-order valence-electron chi connectivity index (χ4n) is 10.3. The second kappa shape index (κ2) is 5.99. The SMILES string of the molecule is CCN1C[C@]2(O)CC[C@H](OC)[C@]34[C@@H]1[C@@H](C[C@H]23)[C@@]1(O)C[C@H](OC)[C@H]2C[C@@H]4[C@]1(O)[C@H]2OC. The molecule has 3 N–H and O–H groups in total. The Bertz CT molecular complexity index is 751. The van der Waals surface area contributed by atoms with Gasteiger partial charge in [-0.25, -0.2) is 0 Å². The standard InChI is InChI=1S/C23H37NO6/c1-5-24-11-20(25)7-6-17(29-3)22-15(20)9-13(18(22)24)21(26)10-14(28-2)12-8-16(22)23(21,27)19(12)30-4/h12-19,25-27H,5-11H2,1-4H3/t12-,13-,14+,15-,16+,17+,18+,19+,20-,21+,22+,23+/m1/s1. The molecule has 6 rings (SSSR count). The highest BCUT2D eigenvalue weighted by atomic mass is 16.5. The molecule has 6 aliphatic rings. The van der Waals surface area contributed by atoms with Gasteiger partial charge in [0.2, 0.25) is 0 Å². The van der Waals surface area contributed by atoms with Gasteiger partial charge in [0.25, 0.3) is 0 Å². The Hall–Kier alpha value is -0.280. The second-order valence-corrected chi connectivity index (χ2v) is 11.1. The van der Waals surface area contributed by atoms with Crippen molar-refractivity contribution in [3.63, 3.8) is 0 Å². The summed E-state index contributed by atoms with van der Waals surface area (Å²) in [5, 5.41) is 36.8. The number of likely N-dealkylation sites (N-methyl/N-ethyl adjacent to an activating group) is 1. The van der Waals surface area contributed by atoms with E-state index in [9.17, 15) is 15.3 Å². The molecule has 1 heterocycles. The Kier molecular flexibility index (Phi) is 4.06. The zero-order valence-electron chi connectivity index (χ0n) is 18.6. The van der Waals surface area contributed by atoms with E-state index in [2.05, 4.69) is 11.8 Å². The second-order valence-electron chi connectivity index (χ2n) is 11.1. The summed E-state index contributed by atoms with van der Waals surface area (Å²) in [5.74, 6) is -0.262. The van der Waals surface area contributed by atoms with E-state index < -0.39 is 22.9 Å². The fraction of sp³-hybridized carbons (Fsp3) is 1.00. The van der Waals surface area contributed by atoms with Gasteiger partial charge in [0.15, 0.2) is 0 Å². The molecule has 170 valence electrons. The number of methoxy groups -OCH3 is 3. The summed E-state index contributed by atoms with van der Waals surface area (Å²) in [6.45, 7) is 3.62. The number of nitrogens with zero attached hydrogens (tertiary/aromatic N) is 1. The largest absolute Gasteiger partial charge is 0.388 e. The monoisotopic (exact) mass is 423 g/mol. The van der Waals surface area contributed by atoms with E-state index >= 15 is 0 Å². The molecule has 7 bridgehead atoms. The third-order valence-corrected chi connectivity index (χ3v) is 10.9. The molecule has 0 aromatic heterocycles. The Balaban J connectivity index is 1.63. The molecular formula is C23H37NO6. The van der Waals surface area contributed by atoms with Crippen molar-refractivity contribution in [2.45, 2.75) is 80.2 Å². The fourth-order valence-corrected chi connectivity index (χ4v) is 10.3. The molecule has 0 unspecified atom stereocenters. The lowest BCUT2D eigenvalue weighted by molar-refractivity contribution is -0.338. The quantitative estimate of drug-likeness (QED) is 0.603. The van der Waals surface area contributed by atoms with Crippen LogP contribution in [0.2, 0.25) is 0 Å². The van der Waals surface area contributed by atoms with Gasteiger partial charge in [0, 0.05) is 63.5 Å². The summed E-state index contributed by atoms with van der Waals surface area (Å²) in [4.78, 5) is 2.40. The topological polar surface area (TPSA) is 91.6 Å². The highest BCUT2D eigenvalue weighted by Gasteiger charge is 2.88. The minimum Gasteiger partial charge on any atom is -0.388 e. The number of β-amino-alcohol motifs (C(OH)–C–C–N with tert-alkyl or cyclic N) is 1. The van der Waals surface area contributed by atoms with Crippen LogP contribution < -0.4 is 0 Å². The number of rotatable bonds is 4. The molecule has 30 heavy (non-hydrogen) atoms. The molecule has 0 aromatic rings. The van der Waals surface area contributed by atoms with Crippen molar-refractivity contribution < 1.29 is 29.5 Å². The predicted molar refractivity (Wildman–Crippen MR) is 108 cm³/mol. The van der Waals surface area contributed by atoms with Gasteiger partial charge in [-0.3, -0.25) is 4.90 Å². The smallest absolute Gasteiger partial charge is 0.124 e. The van der Waals surface area contributed by atoms with Gasteiger partial charge in [-0.2, -0.15) is 0 Å². The lowest BCUT2D eigenvalue weighted by Gasteiger charge is -2.70. The summed E-state index contributed by atoms with van der Waals surface area (Å²) in [6.07, 6.45) is 2.77. The van der Waals surface area contributed by atoms with Gasteiger partial charge >= 0.3 is 0 Å². The minimum absolute atomic E-state index is 0.0300. The Labute approximate surface area is 178 Å². The van der Waals surface area contributed by atoms with Crippen molar-refractivity contribution in [2.24, 2.45) is 29.1 Å². The number of likely N-dealkylation sites (tertiary alicyclic amines) is 1. The van der Waals surface area contributed by atoms with Crippen LogP contribution in [0, 0.1) is 29.1 Å². The van der Waals surface area contributed by atoms with Crippen molar-refractivity contribution in [1.82, 2.24) is 4.90 Å². The minimum atomic E-state index is -1.34. The number of ether oxygens (including phenoxy) is 3. The van der Waals surface area contributed by atoms with Crippen LogP contribution in [0.5, 0.6) is 0 Å². The maximum atomic E-state index is 12.4. The highest BCUT2D eigenvalue weighted by Crippen LogP contribution is 2.78. The molecule has 6 fully saturated rings. The zero-order valence-corrected chi connectivity index (χ0v) is 18.6. The predicted octanol–water partition coefficient (Wildman–Crippen LogP) is 0.399. The normalized spacial score (nSPS) is 63.3. The molecule has 12 atom stereocenters. The van der Waals surface area contributed by atoms with Crippen LogP contribution in [-0.2, 0) is 14.2 Å². The molecule has 1 saturated heterocycles. The molecule has 1 aliphatic heterocycles. The van der Waals surface area contributed by atoms with Crippen LogP contribution in [0.3, 0.4) is 0 Å². The molecular weight excluding hydrogens is 386 g/mol. The number of aliphatic hydroxyl groups is 3.